The normalized spacial score (nSPS) is 10.4. The monoisotopic (exact) mass is 413 g/mol. The van der Waals surface area contributed by atoms with Crippen molar-refractivity contribution in [3.8, 4) is 0 Å². The Balaban J connectivity index is 0.000000497. The molecule has 2 aromatic carbocycles. The molecule has 0 aliphatic carbocycles. The van der Waals surface area contributed by atoms with Crippen LogP contribution in [-0.2, 0) is 20.8 Å². The maximum atomic E-state index is 5.83. The van der Waals surface area contributed by atoms with Crippen molar-refractivity contribution in [3.05, 3.63) is 65.3 Å². The van der Waals surface area contributed by atoms with Gasteiger partial charge in [-0.2, -0.15) is 6.20 Å². The second kappa shape index (κ2) is 8.75. The molecule has 2 nitrogen and oxygen atoms in total. The molecule has 0 atom stereocenters. The average Bonchev–Trinajstić information content (AvgIpc) is 2.96. The summed E-state index contributed by atoms with van der Waals surface area (Å²) >= 11 is 5.00. The first-order valence-corrected chi connectivity index (χ1v) is 12.7. The van der Waals surface area contributed by atoms with Gasteiger partial charge in [-0.3, -0.25) is 4.99 Å². The van der Waals surface area contributed by atoms with Gasteiger partial charge in [-0.25, -0.2) is 0 Å². The number of nitrogens with zero attached hydrogens (tertiary/aromatic N) is 2. The van der Waals surface area contributed by atoms with Gasteiger partial charge in [0, 0.05) is 11.2 Å². The first-order chi connectivity index (χ1) is 10.2. The third-order valence-electron chi connectivity index (χ3n) is 2.74. The van der Waals surface area contributed by atoms with Crippen LogP contribution in [0.2, 0.25) is 5.02 Å². The van der Waals surface area contributed by atoms with Crippen molar-refractivity contribution in [1.82, 2.24) is 4.98 Å². The molecule has 106 valence electrons. The first-order valence-electron chi connectivity index (χ1n) is 6.01. The zero-order valence-corrected chi connectivity index (χ0v) is 15.5. The van der Waals surface area contributed by atoms with E-state index >= 15 is 0 Å². The molecule has 1 aromatic heterocycles. The van der Waals surface area contributed by atoms with Crippen LogP contribution >= 0.6 is 28.6 Å². The van der Waals surface area contributed by atoms with Crippen LogP contribution in [0.3, 0.4) is 0 Å². The van der Waals surface area contributed by atoms with E-state index < -0.39 is 20.8 Å². The van der Waals surface area contributed by atoms with E-state index in [1.165, 1.54) is 0 Å². The summed E-state index contributed by atoms with van der Waals surface area (Å²) in [6.07, 6.45) is 3.64. The van der Waals surface area contributed by atoms with Crippen LogP contribution in [0.25, 0.3) is 10.9 Å². The van der Waals surface area contributed by atoms with Crippen LogP contribution in [0.1, 0.15) is 5.56 Å². The molecular formula is C15H10Cl3N2Zr-. The topological polar surface area (TPSA) is 26.5 Å². The predicted octanol–water partition coefficient (Wildman–Crippen LogP) is 5.58. The third kappa shape index (κ3) is 4.97. The van der Waals surface area contributed by atoms with Gasteiger partial charge < -0.3 is 4.98 Å². The fourth-order valence-electron chi connectivity index (χ4n) is 1.83. The second-order valence-electron chi connectivity index (χ2n) is 4.04. The van der Waals surface area contributed by atoms with E-state index in [0.717, 1.165) is 22.2 Å². The van der Waals surface area contributed by atoms with Crippen LogP contribution in [0.15, 0.2) is 59.7 Å². The van der Waals surface area contributed by atoms with Gasteiger partial charge in [0.15, 0.2) is 0 Å². The van der Waals surface area contributed by atoms with Gasteiger partial charge in [-0.15, -0.1) is 5.52 Å². The zero-order chi connectivity index (χ0) is 15.1. The number of aromatic nitrogens is 1. The molecule has 0 radical (unpaired) electrons. The quantitative estimate of drug-likeness (QED) is 0.502. The molecule has 0 fully saturated rings. The summed E-state index contributed by atoms with van der Waals surface area (Å²) in [7, 11) is 9.87. The summed E-state index contributed by atoms with van der Waals surface area (Å²) in [4.78, 5) is 8.76. The molecule has 0 aliphatic heterocycles. The number of rotatable bonds is 2. The Hall–Kier alpha value is -0.597. The molecule has 3 aromatic rings. The number of halogens is 3. The fraction of sp³-hybridized carbons (Fsp3) is 0. The van der Waals surface area contributed by atoms with Crippen molar-refractivity contribution in [2.24, 2.45) is 4.99 Å². The van der Waals surface area contributed by atoms with Crippen LogP contribution in [-0.4, -0.2) is 6.21 Å². The van der Waals surface area contributed by atoms with Crippen molar-refractivity contribution in [2.45, 2.75) is 0 Å². The predicted molar refractivity (Wildman–Crippen MR) is 87.7 cm³/mol. The maximum absolute atomic E-state index is 5.83. The Labute approximate surface area is 146 Å². The molecule has 0 unspecified atom stereocenters. The van der Waals surface area contributed by atoms with E-state index in [1.807, 2.05) is 60.9 Å². The third-order valence-corrected chi connectivity index (χ3v) is 2.99. The van der Waals surface area contributed by atoms with E-state index in [1.54, 1.807) is 0 Å². The van der Waals surface area contributed by atoms with Crippen LogP contribution < -0.4 is 4.98 Å². The van der Waals surface area contributed by atoms with Crippen molar-refractivity contribution in [2.75, 3.05) is 0 Å². The summed E-state index contributed by atoms with van der Waals surface area (Å²) in [6.45, 7) is 0. The minimum absolute atomic E-state index is 0.716. The summed E-state index contributed by atoms with van der Waals surface area (Å²) in [5, 5.41) is 1.85. The van der Waals surface area contributed by atoms with E-state index in [-0.39, 0.29) is 0 Å². The molecule has 21 heavy (non-hydrogen) atoms. The fourth-order valence-corrected chi connectivity index (χ4v) is 1.96. The Morgan fingerprint density at radius 3 is 2.43 bits per heavy atom. The molecule has 0 saturated carbocycles. The zero-order valence-electron chi connectivity index (χ0n) is 10.8. The van der Waals surface area contributed by atoms with Crippen molar-refractivity contribution < 1.29 is 20.8 Å². The second-order valence-corrected chi connectivity index (χ2v) is 8.20. The molecule has 0 saturated heterocycles. The summed E-state index contributed by atoms with van der Waals surface area (Å²) in [5.41, 5.74) is 2.88. The Bertz CT molecular complexity index is 723. The van der Waals surface area contributed by atoms with Gasteiger partial charge in [-0.1, -0.05) is 35.9 Å². The van der Waals surface area contributed by atoms with Crippen molar-refractivity contribution in [3.63, 3.8) is 0 Å². The number of fused-ring (bicyclic) bond motifs is 1. The van der Waals surface area contributed by atoms with Gasteiger partial charge >= 0.3 is 37.9 Å². The van der Waals surface area contributed by atoms with Crippen LogP contribution in [0.4, 0.5) is 5.69 Å². The van der Waals surface area contributed by atoms with Gasteiger partial charge in [0.1, 0.15) is 0 Å². The SMILES string of the molecule is Clc1ccc(N=Cc2cccc3cc[n-]c23)cc1.[Cl][Zr][Cl]. The molecular weight excluding hydrogens is 406 g/mol. The van der Waals surface area contributed by atoms with E-state index in [4.69, 9.17) is 28.6 Å². The van der Waals surface area contributed by atoms with Crippen LogP contribution in [0.5, 0.6) is 0 Å². The van der Waals surface area contributed by atoms with Crippen LogP contribution in [0, 0.1) is 0 Å². The van der Waals surface area contributed by atoms with Gasteiger partial charge in [0.2, 0.25) is 0 Å². The Morgan fingerprint density at radius 1 is 1.00 bits per heavy atom. The van der Waals surface area contributed by atoms with Gasteiger partial charge in [-0.05, 0) is 35.2 Å². The molecule has 3 rings (SSSR count). The molecule has 0 spiro atoms. The summed E-state index contributed by atoms with van der Waals surface area (Å²) in [5.74, 6) is 0. The Morgan fingerprint density at radius 2 is 1.71 bits per heavy atom. The Kier molecular flexibility index (Phi) is 6.99. The molecule has 0 N–H and O–H groups in total. The summed E-state index contributed by atoms with van der Waals surface area (Å²) in [6, 6.07) is 15.5. The van der Waals surface area contributed by atoms with E-state index in [2.05, 4.69) is 9.98 Å². The number of aliphatic imine (C=N–C) groups is 1. The molecule has 0 bridgehead atoms. The number of para-hydroxylation sites is 1. The summed E-state index contributed by atoms with van der Waals surface area (Å²) < 4.78 is 0. The van der Waals surface area contributed by atoms with Crippen molar-refractivity contribution >= 4 is 51.4 Å². The van der Waals surface area contributed by atoms with E-state index in [0.29, 0.717) is 5.02 Å². The molecule has 0 amide bonds. The van der Waals surface area contributed by atoms with E-state index in [9.17, 15) is 0 Å². The number of hydrogen-bond donors (Lipinski definition) is 0. The standard InChI is InChI=1S/C15H10ClN2.2ClH.Zr/c16-13-4-6-14(7-5-13)18-10-12-3-1-2-11-8-9-17-15(11)12;;;/h1-10H;2*1H;/q-1;;;+2/p-2. The van der Waals surface area contributed by atoms with Gasteiger partial charge in [0.05, 0.1) is 5.69 Å². The molecule has 6 heteroatoms. The number of benzene rings is 2. The number of hydrogen-bond acceptors (Lipinski definition) is 1. The van der Waals surface area contributed by atoms with Crippen molar-refractivity contribution in [1.29, 1.82) is 0 Å². The molecule has 0 aliphatic rings. The minimum atomic E-state index is -0.826. The first kappa shape index (κ1) is 16.8. The van der Waals surface area contributed by atoms with Gasteiger partial charge in [0.25, 0.3) is 0 Å². The molecule has 1 heterocycles. The average molecular weight is 416 g/mol.